The minimum Gasteiger partial charge on any atom is -0.481 e. The Morgan fingerprint density at radius 1 is 1.24 bits per heavy atom. The zero-order valence-corrected chi connectivity index (χ0v) is 12.7. The predicted molar refractivity (Wildman–Crippen MR) is 80.4 cm³/mol. The fourth-order valence-electron chi connectivity index (χ4n) is 2.13. The molecule has 0 aliphatic carbocycles. The van der Waals surface area contributed by atoms with Crippen molar-refractivity contribution in [3.8, 4) is 0 Å². The van der Waals surface area contributed by atoms with Gasteiger partial charge in [-0.15, -0.1) is 0 Å². The highest BCUT2D eigenvalue weighted by molar-refractivity contribution is 5.87. The van der Waals surface area contributed by atoms with Gasteiger partial charge >= 0.3 is 11.9 Å². The highest BCUT2D eigenvalue weighted by Crippen LogP contribution is 2.15. The number of rotatable bonds is 8. The van der Waals surface area contributed by atoms with Crippen LogP contribution in [0.1, 0.15) is 43.1 Å². The van der Waals surface area contributed by atoms with Gasteiger partial charge in [-0.1, -0.05) is 26.0 Å². The van der Waals surface area contributed by atoms with Crippen LogP contribution in [0.3, 0.4) is 0 Å². The summed E-state index contributed by atoms with van der Waals surface area (Å²) in [4.78, 5) is 24.1. The highest BCUT2D eigenvalue weighted by Gasteiger charge is 2.20. The van der Waals surface area contributed by atoms with E-state index in [0.717, 1.165) is 12.0 Å². The average molecular weight is 293 g/mol. The van der Waals surface area contributed by atoms with E-state index in [1.165, 1.54) is 0 Å². The SMILES string of the molecule is CCC(C)N(Cc1cccc(C(=O)O)c1)CC(C)C(=O)O. The maximum Gasteiger partial charge on any atom is 0.335 e. The molecule has 0 aliphatic rings. The first-order valence-electron chi connectivity index (χ1n) is 7.14. The van der Waals surface area contributed by atoms with Gasteiger partial charge in [-0.25, -0.2) is 4.79 Å². The quantitative estimate of drug-likeness (QED) is 0.770. The van der Waals surface area contributed by atoms with E-state index in [4.69, 9.17) is 10.2 Å². The van der Waals surface area contributed by atoms with Crippen LogP contribution in [0.15, 0.2) is 24.3 Å². The Hall–Kier alpha value is -1.88. The summed E-state index contributed by atoms with van der Waals surface area (Å²) < 4.78 is 0. The van der Waals surface area contributed by atoms with Gasteiger partial charge in [0, 0.05) is 19.1 Å². The van der Waals surface area contributed by atoms with Crippen LogP contribution in [0, 0.1) is 5.92 Å². The second kappa shape index (κ2) is 7.78. The van der Waals surface area contributed by atoms with Crippen molar-refractivity contribution in [2.45, 2.75) is 39.8 Å². The molecule has 0 bridgehead atoms. The molecule has 1 aromatic rings. The van der Waals surface area contributed by atoms with Crippen molar-refractivity contribution >= 4 is 11.9 Å². The van der Waals surface area contributed by atoms with Gasteiger partial charge in [0.05, 0.1) is 11.5 Å². The lowest BCUT2D eigenvalue weighted by atomic mass is 10.1. The third-order valence-electron chi connectivity index (χ3n) is 3.70. The van der Waals surface area contributed by atoms with Gasteiger partial charge in [0.15, 0.2) is 0 Å². The fourth-order valence-corrected chi connectivity index (χ4v) is 2.13. The number of carboxylic acid groups (broad SMARTS) is 2. The van der Waals surface area contributed by atoms with E-state index in [1.807, 2.05) is 6.07 Å². The zero-order chi connectivity index (χ0) is 16.0. The molecule has 5 nitrogen and oxygen atoms in total. The van der Waals surface area contributed by atoms with Crippen molar-refractivity contribution in [2.75, 3.05) is 6.54 Å². The van der Waals surface area contributed by atoms with Crippen LogP contribution in [-0.2, 0) is 11.3 Å². The van der Waals surface area contributed by atoms with E-state index in [1.54, 1.807) is 25.1 Å². The summed E-state index contributed by atoms with van der Waals surface area (Å²) in [6.07, 6.45) is 0.908. The molecule has 0 amide bonds. The first-order valence-corrected chi connectivity index (χ1v) is 7.14. The molecule has 0 spiro atoms. The lowest BCUT2D eigenvalue weighted by Crippen LogP contribution is -2.37. The predicted octanol–water partition coefficient (Wildman–Crippen LogP) is 2.71. The van der Waals surface area contributed by atoms with Crippen molar-refractivity contribution in [3.63, 3.8) is 0 Å². The maximum atomic E-state index is 11.0. The Bertz CT molecular complexity index is 501. The normalized spacial score (nSPS) is 13.9. The van der Waals surface area contributed by atoms with Gasteiger partial charge in [0.2, 0.25) is 0 Å². The first-order chi connectivity index (χ1) is 9.85. The van der Waals surface area contributed by atoms with Crippen LogP contribution < -0.4 is 0 Å². The third-order valence-corrected chi connectivity index (χ3v) is 3.70. The molecule has 0 heterocycles. The minimum atomic E-state index is -0.953. The molecule has 21 heavy (non-hydrogen) atoms. The van der Waals surface area contributed by atoms with Crippen LogP contribution in [0.5, 0.6) is 0 Å². The molecule has 0 fully saturated rings. The molecule has 2 unspecified atom stereocenters. The molecule has 0 aromatic heterocycles. The van der Waals surface area contributed by atoms with Crippen molar-refractivity contribution < 1.29 is 19.8 Å². The third kappa shape index (κ3) is 5.19. The molecule has 2 atom stereocenters. The van der Waals surface area contributed by atoms with Crippen molar-refractivity contribution in [3.05, 3.63) is 35.4 Å². The lowest BCUT2D eigenvalue weighted by Gasteiger charge is -2.30. The Morgan fingerprint density at radius 3 is 2.43 bits per heavy atom. The van der Waals surface area contributed by atoms with E-state index < -0.39 is 17.9 Å². The van der Waals surface area contributed by atoms with Crippen molar-refractivity contribution in [1.82, 2.24) is 4.90 Å². The second-order valence-electron chi connectivity index (χ2n) is 5.43. The van der Waals surface area contributed by atoms with E-state index in [-0.39, 0.29) is 11.6 Å². The summed E-state index contributed by atoms with van der Waals surface area (Å²) in [5.74, 6) is -2.23. The number of carbonyl (C=O) groups is 2. The molecule has 0 aliphatic heterocycles. The van der Waals surface area contributed by atoms with Gasteiger partial charge in [-0.05, 0) is 31.0 Å². The Kier molecular flexibility index (Phi) is 6.37. The Balaban J connectivity index is 2.88. The van der Waals surface area contributed by atoms with Gasteiger partial charge < -0.3 is 10.2 Å². The molecule has 1 rings (SSSR count). The smallest absolute Gasteiger partial charge is 0.335 e. The largest absolute Gasteiger partial charge is 0.481 e. The zero-order valence-electron chi connectivity index (χ0n) is 12.7. The van der Waals surface area contributed by atoms with E-state index in [0.29, 0.717) is 13.1 Å². The highest BCUT2D eigenvalue weighted by atomic mass is 16.4. The summed E-state index contributed by atoms with van der Waals surface area (Å²) in [5, 5.41) is 18.1. The van der Waals surface area contributed by atoms with Crippen LogP contribution in [0.2, 0.25) is 0 Å². The fraction of sp³-hybridized carbons (Fsp3) is 0.500. The molecule has 5 heteroatoms. The lowest BCUT2D eigenvalue weighted by molar-refractivity contribution is -0.142. The van der Waals surface area contributed by atoms with Gasteiger partial charge in [0.25, 0.3) is 0 Å². The number of nitrogens with zero attached hydrogens (tertiary/aromatic N) is 1. The Morgan fingerprint density at radius 2 is 1.90 bits per heavy atom. The average Bonchev–Trinajstić information content (AvgIpc) is 2.45. The van der Waals surface area contributed by atoms with Crippen LogP contribution in [0.4, 0.5) is 0 Å². The van der Waals surface area contributed by atoms with Crippen LogP contribution >= 0.6 is 0 Å². The van der Waals surface area contributed by atoms with Gasteiger partial charge in [-0.3, -0.25) is 9.69 Å². The standard InChI is InChI=1S/C16H23NO4/c1-4-12(3)17(9-11(2)15(18)19)10-13-6-5-7-14(8-13)16(20)21/h5-8,11-12H,4,9-10H2,1-3H3,(H,18,19)(H,20,21). The van der Waals surface area contributed by atoms with Crippen LogP contribution in [-0.4, -0.2) is 39.6 Å². The maximum absolute atomic E-state index is 11.0. The summed E-state index contributed by atoms with van der Waals surface area (Å²) in [6.45, 7) is 6.78. The summed E-state index contributed by atoms with van der Waals surface area (Å²) in [6, 6.07) is 7.02. The second-order valence-corrected chi connectivity index (χ2v) is 5.43. The van der Waals surface area contributed by atoms with E-state index in [2.05, 4.69) is 18.7 Å². The number of hydrogen-bond acceptors (Lipinski definition) is 3. The number of carboxylic acids is 2. The molecule has 2 N–H and O–H groups in total. The summed E-state index contributed by atoms with van der Waals surface area (Å²) in [5.41, 5.74) is 1.13. The summed E-state index contributed by atoms with van der Waals surface area (Å²) in [7, 11) is 0. The van der Waals surface area contributed by atoms with Gasteiger partial charge in [0.1, 0.15) is 0 Å². The molecular formula is C16H23NO4. The van der Waals surface area contributed by atoms with Crippen molar-refractivity contribution in [1.29, 1.82) is 0 Å². The molecule has 0 saturated carbocycles. The molecular weight excluding hydrogens is 270 g/mol. The molecule has 1 aromatic carbocycles. The summed E-state index contributed by atoms with van der Waals surface area (Å²) >= 11 is 0. The van der Waals surface area contributed by atoms with E-state index >= 15 is 0 Å². The molecule has 116 valence electrons. The number of hydrogen-bond donors (Lipinski definition) is 2. The minimum absolute atomic E-state index is 0.236. The van der Waals surface area contributed by atoms with Crippen LogP contribution in [0.25, 0.3) is 0 Å². The van der Waals surface area contributed by atoms with Crippen molar-refractivity contribution in [2.24, 2.45) is 5.92 Å². The first kappa shape index (κ1) is 17.2. The number of aromatic carboxylic acids is 1. The number of benzene rings is 1. The topological polar surface area (TPSA) is 77.8 Å². The van der Waals surface area contributed by atoms with Gasteiger partial charge in [-0.2, -0.15) is 0 Å². The molecule has 0 radical (unpaired) electrons. The monoisotopic (exact) mass is 293 g/mol. The Labute approximate surface area is 125 Å². The number of aliphatic carboxylic acids is 1. The van der Waals surface area contributed by atoms with E-state index in [9.17, 15) is 9.59 Å². The molecule has 0 saturated heterocycles.